The summed E-state index contributed by atoms with van der Waals surface area (Å²) in [6, 6.07) is 2.36. The van der Waals surface area contributed by atoms with Crippen LogP contribution < -0.4 is 5.32 Å². The molecule has 0 saturated carbocycles. The van der Waals surface area contributed by atoms with Gasteiger partial charge in [-0.05, 0) is 58.3 Å². The molecular formula is C12H14Br2N2S2. The SMILES string of the molecule is CCNC(c1cc(Br)c(Br)s1)c1nc(C)c(C)s1. The minimum Gasteiger partial charge on any atom is -0.304 e. The molecule has 0 saturated heterocycles. The van der Waals surface area contributed by atoms with Crippen molar-refractivity contribution < 1.29 is 0 Å². The molecule has 0 aliphatic rings. The maximum absolute atomic E-state index is 4.68. The average molecular weight is 410 g/mol. The van der Waals surface area contributed by atoms with Crippen molar-refractivity contribution in [3.05, 3.63) is 34.8 Å². The minimum atomic E-state index is 0.194. The van der Waals surface area contributed by atoms with Crippen molar-refractivity contribution in [2.24, 2.45) is 0 Å². The van der Waals surface area contributed by atoms with Crippen LogP contribution in [-0.4, -0.2) is 11.5 Å². The molecule has 0 fully saturated rings. The minimum absolute atomic E-state index is 0.194. The van der Waals surface area contributed by atoms with Crippen molar-refractivity contribution in [3.63, 3.8) is 0 Å². The van der Waals surface area contributed by atoms with Gasteiger partial charge in [0.25, 0.3) is 0 Å². The van der Waals surface area contributed by atoms with E-state index in [9.17, 15) is 0 Å². The van der Waals surface area contributed by atoms with E-state index in [2.05, 4.69) is 69.0 Å². The molecule has 18 heavy (non-hydrogen) atoms. The quantitative estimate of drug-likeness (QED) is 0.764. The summed E-state index contributed by atoms with van der Waals surface area (Å²) in [5, 5.41) is 4.66. The summed E-state index contributed by atoms with van der Waals surface area (Å²) >= 11 is 10.6. The van der Waals surface area contributed by atoms with Crippen LogP contribution in [0.1, 0.15) is 33.4 Å². The van der Waals surface area contributed by atoms with Gasteiger partial charge in [-0.1, -0.05) is 6.92 Å². The summed E-state index contributed by atoms with van der Waals surface area (Å²) in [6.45, 7) is 7.24. The Balaban J connectivity index is 2.39. The summed E-state index contributed by atoms with van der Waals surface area (Å²) in [5.41, 5.74) is 1.13. The van der Waals surface area contributed by atoms with Gasteiger partial charge < -0.3 is 5.32 Å². The first-order chi connectivity index (χ1) is 8.52. The normalized spacial score (nSPS) is 12.9. The second-order valence-corrected chi connectivity index (χ2v) is 8.45. The molecule has 0 amide bonds. The van der Waals surface area contributed by atoms with Gasteiger partial charge in [0.15, 0.2) is 0 Å². The molecular weight excluding hydrogens is 396 g/mol. The number of thiazole rings is 1. The van der Waals surface area contributed by atoms with Crippen LogP contribution in [-0.2, 0) is 0 Å². The van der Waals surface area contributed by atoms with Crippen LogP contribution in [0.4, 0.5) is 0 Å². The summed E-state index contributed by atoms with van der Waals surface area (Å²) < 4.78 is 2.24. The molecule has 0 aromatic carbocycles. The second kappa shape index (κ2) is 6.13. The molecule has 2 aromatic heterocycles. The summed E-state index contributed by atoms with van der Waals surface area (Å²) in [7, 11) is 0. The molecule has 0 radical (unpaired) electrons. The van der Waals surface area contributed by atoms with E-state index in [0.717, 1.165) is 25.5 Å². The van der Waals surface area contributed by atoms with Crippen LogP contribution in [0.5, 0.6) is 0 Å². The Morgan fingerprint density at radius 3 is 2.50 bits per heavy atom. The van der Waals surface area contributed by atoms with E-state index in [4.69, 9.17) is 0 Å². The Morgan fingerprint density at radius 1 is 1.33 bits per heavy atom. The molecule has 1 unspecified atom stereocenters. The smallest absolute Gasteiger partial charge is 0.115 e. The van der Waals surface area contributed by atoms with Gasteiger partial charge in [-0.2, -0.15) is 0 Å². The third-order valence-electron chi connectivity index (χ3n) is 2.65. The zero-order valence-electron chi connectivity index (χ0n) is 10.4. The first-order valence-corrected chi connectivity index (χ1v) is 8.86. The molecule has 6 heteroatoms. The Labute approximate surface area is 132 Å². The second-order valence-electron chi connectivity index (χ2n) is 3.95. The zero-order valence-corrected chi connectivity index (χ0v) is 15.2. The summed E-state index contributed by atoms with van der Waals surface area (Å²) in [4.78, 5) is 7.25. The maximum atomic E-state index is 4.68. The van der Waals surface area contributed by atoms with Crippen LogP contribution in [0.2, 0.25) is 0 Å². The lowest BCUT2D eigenvalue weighted by atomic mass is 10.2. The number of nitrogens with zero attached hydrogens (tertiary/aromatic N) is 1. The Bertz CT molecular complexity index is 463. The highest BCUT2D eigenvalue weighted by Gasteiger charge is 2.20. The topological polar surface area (TPSA) is 24.9 Å². The molecule has 2 rings (SSSR count). The Morgan fingerprint density at radius 2 is 2.06 bits per heavy atom. The van der Waals surface area contributed by atoms with Gasteiger partial charge in [-0.25, -0.2) is 4.98 Å². The number of hydrogen-bond donors (Lipinski definition) is 1. The molecule has 98 valence electrons. The van der Waals surface area contributed by atoms with Gasteiger partial charge in [-0.3, -0.25) is 0 Å². The standard InChI is InChI=1S/C12H14Br2N2S2/c1-4-15-10(9-5-8(13)11(14)18-9)12-16-6(2)7(3)17-12/h5,10,15H,4H2,1-3H3. The molecule has 0 bridgehead atoms. The van der Waals surface area contributed by atoms with Crippen molar-refractivity contribution in [1.29, 1.82) is 0 Å². The third kappa shape index (κ3) is 3.04. The van der Waals surface area contributed by atoms with Crippen LogP contribution in [0.25, 0.3) is 0 Å². The highest BCUT2D eigenvalue weighted by Crippen LogP contribution is 2.38. The van der Waals surface area contributed by atoms with Crippen LogP contribution in [0.3, 0.4) is 0 Å². The van der Waals surface area contributed by atoms with Crippen molar-refractivity contribution in [1.82, 2.24) is 10.3 Å². The van der Waals surface area contributed by atoms with Gasteiger partial charge >= 0.3 is 0 Å². The molecule has 2 heterocycles. The molecule has 1 N–H and O–H groups in total. The van der Waals surface area contributed by atoms with Gasteiger partial charge in [0.1, 0.15) is 5.01 Å². The summed E-state index contributed by atoms with van der Waals surface area (Å²) in [6.07, 6.45) is 0. The maximum Gasteiger partial charge on any atom is 0.115 e. The van der Waals surface area contributed by atoms with Gasteiger partial charge in [0.05, 0.1) is 15.5 Å². The number of aryl methyl sites for hydroxylation is 2. The lowest BCUT2D eigenvalue weighted by Gasteiger charge is -2.13. The number of hydrogen-bond acceptors (Lipinski definition) is 4. The van der Waals surface area contributed by atoms with E-state index in [0.29, 0.717) is 0 Å². The van der Waals surface area contributed by atoms with Gasteiger partial charge in [0.2, 0.25) is 0 Å². The molecule has 2 aromatic rings. The molecule has 1 atom stereocenters. The molecule has 0 aliphatic heterocycles. The lowest BCUT2D eigenvalue weighted by Crippen LogP contribution is -2.20. The van der Waals surface area contributed by atoms with E-state index in [1.807, 2.05) is 0 Å². The van der Waals surface area contributed by atoms with E-state index < -0.39 is 0 Å². The first-order valence-electron chi connectivity index (χ1n) is 5.65. The largest absolute Gasteiger partial charge is 0.304 e. The fourth-order valence-electron chi connectivity index (χ4n) is 1.64. The van der Waals surface area contributed by atoms with Crippen molar-refractivity contribution in [2.75, 3.05) is 6.54 Å². The van der Waals surface area contributed by atoms with Gasteiger partial charge in [0, 0.05) is 14.2 Å². The fraction of sp³-hybridized carbons (Fsp3) is 0.417. The highest BCUT2D eigenvalue weighted by molar-refractivity contribution is 9.13. The number of aromatic nitrogens is 1. The van der Waals surface area contributed by atoms with Crippen molar-refractivity contribution in [2.45, 2.75) is 26.8 Å². The van der Waals surface area contributed by atoms with Gasteiger partial charge in [-0.15, -0.1) is 22.7 Å². The Kier molecular flexibility index (Phi) is 4.99. The van der Waals surface area contributed by atoms with Crippen LogP contribution in [0, 0.1) is 13.8 Å². The predicted molar refractivity (Wildman–Crippen MR) is 86.8 cm³/mol. The number of thiophene rings is 1. The zero-order chi connectivity index (χ0) is 13.3. The lowest BCUT2D eigenvalue weighted by molar-refractivity contribution is 0.635. The number of halogens is 2. The van der Waals surface area contributed by atoms with Crippen molar-refractivity contribution in [3.8, 4) is 0 Å². The fourth-order valence-corrected chi connectivity index (χ4v) is 4.90. The first kappa shape index (κ1) is 14.7. The monoisotopic (exact) mass is 408 g/mol. The van der Waals surface area contributed by atoms with E-state index in [1.165, 1.54) is 9.75 Å². The predicted octanol–water partition coefficient (Wildman–Crippen LogP) is 5.05. The molecule has 2 nitrogen and oxygen atoms in total. The van der Waals surface area contributed by atoms with E-state index in [1.54, 1.807) is 22.7 Å². The van der Waals surface area contributed by atoms with Crippen LogP contribution >= 0.6 is 54.5 Å². The van der Waals surface area contributed by atoms with Crippen LogP contribution in [0.15, 0.2) is 14.3 Å². The third-order valence-corrected chi connectivity index (χ3v) is 7.11. The molecule has 0 spiro atoms. The van der Waals surface area contributed by atoms with E-state index >= 15 is 0 Å². The van der Waals surface area contributed by atoms with Crippen molar-refractivity contribution >= 4 is 54.5 Å². The van der Waals surface area contributed by atoms with E-state index in [-0.39, 0.29) is 6.04 Å². The Hall–Kier alpha value is 0.250. The number of rotatable bonds is 4. The average Bonchev–Trinajstić information content (AvgIpc) is 2.81. The molecule has 0 aliphatic carbocycles. The number of nitrogens with one attached hydrogen (secondary N) is 1. The summed E-state index contributed by atoms with van der Waals surface area (Å²) in [5.74, 6) is 0. The highest BCUT2D eigenvalue weighted by atomic mass is 79.9.